The maximum absolute atomic E-state index is 12.8. The van der Waals surface area contributed by atoms with E-state index in [1.54, 1.807) is 19.1 Å². The highest BCUT2D eigenvalue weighted by molar-refractivity contribution is 7.18. The number of hydrogen-bond acceptors (Lipinski definition) is 7. The topological polar surface area (TPSA) is 81.0 Å². The molecule has 31 heavy (non-hydrogen) atoms. The molecule has 0 spiro atoms. The monoisotopic (exact) mass is 440 g/mol. The van der Waals surface area contributed by atoms with E-state index in [9.17, 15) is 9.59 Å². The Bertz CT molecular complexity index is 1010. The molecule has 1 fully saturated rings. The first-order valence-electron chi connectivity index (χ1n) is 10.1. The van der Waals surface area contributed by atoms with E-state index in [-0.39, 0.29) is 12.5 Å². The third-order valence-corrected chi connectivity index (χ3v) is 6.14. The van der Waals surface area contributed by atoms with E-state index in [2.05, 4.69) is 10.2 Å². The van der Waals surface area contributed by atoms with Gasteiger partial charge in [0.1, 0.15) is 10.6 Å². The number of nitrogens with one attached hydrogen (secondary N) is 1. The number of nitrogens with zero attached hydrogens (tertiary/aromatic N) is 1. The minimum Gasteiger partial charge on any atom is -0.467 e. The Morgan fingerprint density at radius 1 is 1.16 bits per heavy atom. The van der Waals surface area contributed by atoms with Crippen LogP contribution in [0.15, 0.2) is 59.2 Å². The highest BCUT2D eigenvalue weighted by Crippen LogP contribution is 2.39. The van der Waals surface area contributed by atoms with Crippen LogP contribution in [-0.2, 0) is 20.8 Å². The molecule has 0 bridgehead atoms. The smallest absolute Gasteiger partial charge is 0.349 e. The second-order valence-electron chi connectivity index (χ2n) is 7.14. The van der Waals surface area contributed by atoms with Gasteiger partial charge in [-0.3, -0.25) is 4.79 Å². The molecule has 1 saturated heterocycles. The van der Waals surface area contributed by atoms with Gasteiger partial charge in [-0.1, -0.05) is 30.3 Å². The molecule has 1 N–H and O–H groups in total. The van der Waals surface area contributed by atoms with E-state index in [0.717, 1.165) is 29.2 Å². The van der Waals surface area contributed by atoms with Gasteiger partial charge in [0, 0.05) is 18.7 Å². The summed E-state index contributed by atoms with van der Waals surface area (Å²) in [5, 5.41) is 3.72. The largest absolute Gasteiger partial charge is 0.467 e. The summed E-state index contributed by atoms with van der Waals surface area (Å²) < 4.78 is 16.1. The zero-order chi connectivity index (χ0) is 21.6. The fraction of sp³-hybridized carbons (Fsp3) is 0.304. The number of amides is 1. The number of thiophene rings is 1. The Hall–Kier alpha value is -3.10. The van der Waals surface area contributed by atoms with Gasteiger partial charge in [-0.15, -0.1) is 11.3 Å². The van der Waals surface area contributed by atoms with Crippen LogP contribution < -0.4 is 10.2 Å². The van der Waals surface area contributed by atoms with E-state index in [1.807, 2.05) is 36.4 Å². The molecule has 0 aliphatic carbocycles. The number of carbonyl (C=O) groups excluding carboxylic acids is 2. The quantitative estimate of drug-likeness (QED) is 0.564. The number of rotatable bonds is 7. The lowest BCUT2D eigenvalue weighted by molar-refractivity contribution is -0.129. The Morgan fingerprint density at radius 2 is 1.94 bits per heavy atom. The molecule has 3 aromatic rings. The number of furan rings is 1. The molecule has 1 aromatic carbocycles. The van der Waals surface area contributed by atoms with Gasteiger partial charge in [-0.25, -0.2) is 4.79 Å². The van der Waals surface area contributed by atoms with Gasteiger partial charge >= 0.3 is 5.97 Å². The zero-order valence-electron chi connectivity index (χ0n) is 17.2. The molecule has 2 aromatic heterocycles. The Kier molecular flexibility index (Phi) is 6.69. The predicted molar refractivity (Wildman–Crippen MR) is 118 cm³/mol. The number of benzene rings is 1. The molecule has 7 nitrogen and oxygen atoms in total. The predicted octanol–water partition coefficient (Wildman–Crippen LogP) is 3.71. The summed E-state index contributed by atoms with van der Waals surface area (Å²) in [6, 6.07) is 15.3. The molecule has 4 rings (SSSR count). The van der Waals surface area contributed by atoms with Crippen molar-refractivity contribution in [3.05, 3.63) is 65.4 Å². The van der Waals surface area contributed by atoms with E-state index in [1.165, 1.54) is 17.6 Å². The van der Waals surface area contributed by atoms with E-state index in [0.29, 0.717) is 23.9 Å². The lowest BCUT2D eigenvalue weighted by Gasteiger charge is -2.28. The third-order valence-electron chi connectivity index (χ3n) is 4.97. The first-order chi connectivity index (χ1) is 15.1. The van der Waals surface area contributed by atoms with Gasteiger partial charge in [0.15, 0.2) is 6.10 Å². The summed E-state index contributed by atoms with van der Waals surface area (Å²) in [5.74, 6) is -0.256. The third kappa shape index (κ3) is 5.15. The van der Waals surface area contributed by atoms with Crippen LogP contribution in [0.3, 0.4) is 0 Å². The van der Waals surface area contributed by atoms with Crippen LogP contribution in [0.1, 0.15) is 22.4 Å². The second kappa shape index (κ2) is 9.80. The molecule has 162 valence electrons. The molecule has 1 aliphatic rings. The Balaban J connectivity index is 1.48. The van der Waals surface area contributed by atoms with Crippen LogP contribution in [0.2, 0.25) is 0 Å². The van der Waals surface area contributed by atoms with Crippen molar-refractivity contribution in [2.45, 2.75) is 19.6 Å². The summed E-state index contributed by atoms with van der Waals surface area (Å²) >= 11 is 1.38. The number of carbonyl (C=O) groups is 2. The van der Waals surface area contributed by atoms with Crippen LogP contribution in [0.25, 0.3) is 11.1 Å². The van der Waals surface area contributed by atoms with Crippen LogP contribution in [0, 0.1) is 0 Å². The summed E-state index contributed by atoms with van der Waals surface area (Å²) in [6.07, 6.45) is 0.620. The average Bonchev–Trinajstić information content (AvgIpc) is 3.49. The van der Waals surface area contributed by atoms with Gasteiger partial charge in [0.05, 0.1) is 31.0 Å². The van der Waals surface area contributed by atoms with Gasteiger partial charge in [-0.05, 0) is 30.7 Å². The summed E-state index contributed by atoms with van der Waals surface area (Å²) in [7, 11) is 0. The van der Waals surface area contributed by atoms with Crippen molar-refractivity contribution >= 4 is 28.2 Å². The first kappa shape index (κ1) is 21.1. The maximum Gasteiger partial charge on any atom is 0.349 e. The molecule has 1 atom stereocenters. The standard InChI is InChI=1S/C23H24N2O5S/c1-16(21(26)24-15-18-8-5-11-29-18)30-23(27)20-14-19(17-6-3-2-4-7-17)22(31-20)25-9-12-28-13-10-25/h2-8,11,14,16H,9-10,12-13,15H2,1H3,(H,24,26)/t16-/m1/s1. The lowest BCUT2D eigenvalue weighted by Crippen LogP contribution is -2.36. The molecule has 1 aliphatic heterocycles. The van der Waals surface area contributed by atoms with E-state index < -0.39 is 12.1 Å². The van der Waals surface area contributed by atoms with Gasteiger partial charge in [0.25, 0.3) is 5.91 Å². The number of esters is 1. The Labute approximate surface area is 184 Å². The van der Waals surface area contributed by atoms with Gasteiger partial charge in [-0.2, -0.15) is 0 Å². The fourth-order valence-electron chi connectivity index (χ4n) is 3.31. The molecule has 0 radical (unpaired) electrons. The first-order valence-corrected chi connectivity index (χ1v) is 11.0. The number of morpholine rings is 1. The highest BCUT2D eigenvalue weighted by Gasteiger charge is 2.25. The van der Waals surface area contributed by atoms with Gasteiger partial charge < -0.3 is 24.1 Å². The van der Waals surface area contributed by atoms with Crippen molar-refractivity contribution in [3.8, 4) is 11.1 Å². The average molecular weight is 441 g/mol. The molecule has 1 amide bonds. The van der Waals surface area contributed by atoms with Crippen molar-refractivity contribution in [2.75, 3.05) is 31.2 Å². The van der Waals surface area contributed by atoms with Gasteiger partial charge in [0.2, 0.25) is 0 Å². The fourth-order valence-corrected chi connectivity index (χ4v) is 4.43. The molecule has 8 heteroatoms. The highest BCUT2D eigenvalue weighted by atomic mass is 32.1. The van der Waals surface area contributed by atoms with E-state index in [4.69, 9.17) is 13.9 Å². The lowest BCUT2D eigenvalue weighted by atomic mass is 10.1. The molecule has 0 unspecified atom stereocenters. The summed E-state index contributed by atoms with van der Waals surface area (Å²) in [5.41, 5.74) is 2.01. The summed E-state index contributed by atoms with van der Waals surface area (Å²) in [4.78, 5) is 27.8. The SMILES string of the molecule is C[C@@H](OC(=O)c1cc(-c2ccccc2)c(N2CCOCC2)s1)C(=O)NCc1ccco1. The zero-order valence-corrected chi connectivity index (χ0v) is 18.0. The number of hydrogen-bond donors (Lipinski definition) is 1. The van der Waals surface area contributed by atoms with Crippen molar-refractivity contribution in [3.63, 3.8) is 0 Å². The van der Waals surface area contributed by atoms with Crippen LogP contribution in [0.5, 0.6) is 0 Å². The minimum atomic E-state index is -0.920. The van der Waals surface area contributed by atoms with Crippen LogP contribution >= 0.6 is 11.3 Å². The summed E-state index contributed by atoms with van der Waals surface area (Å²) in [6.45, 7) is 4.63. The van der Waals surface area contributed by atoms with Crippen molar-refractivity contribution in [1.29, 1.82) is 0 Å². The molecular weight excluding hydrogens is 416 g/mol. The van der Waals surface area contributed by atoms with Crippen molar-refractivity contribution < 1.29 is 23.5 Å². The van der Waals surface area contributed by atoms with Crippen molar-refractivity contribution in [2.24, 2.45) is 0 Å². The minimum absolute atomic E-state index is 0.242. The van der Waals surface area contributed by atoms with E-state index >= 15 is 0 Å². The Morgan fingerprint density at radius 3 is 2.65 bits per heavy atom. The molecular formula is C23H24N2O5S. The normalized spacial score (nSPS) is 14.8. The number of ether oxygens (including phenoxy) is 2. The van der Waals surface area contributed by atoms with Crippen molar-refractivity contribution in [1.82, 2.24) is 5.32 Å². The molecule has 3 heterocycles. The molecule has 0 saturated carbocycles. The maximum atomic E-state index is 12.8. The van der Waals surface area contributed by atoms with Crippen LogP contribution in [0.4, 0.5) is 5.00 Å². The second-order valence-corrected chi connectivity index (χ2v) is 8.17. The number of anilines is 1. The van der Waals surface area contributed by atoms with Crippen LogP contribution in [-0.4, -0.2) is 44.3 Å².